The van der Waals surface area contributed by atoms with Gasteiger partial charge in [-0.05, 0) is 37.5 Å². The molecule has 2 amide bonds. The fourth-order valence-corrected chi connectivity index (χ4v) is 2.47. The number of anilines is 1. The van der Waals surface area contributed by atoms with Crippen LogP contribution in [0, 0.1) is 12.3 Å². The Labute approximate surface area is 150 Å². The minimum Gasteiger partial charge on any atom is -0.550 e. The molecule has 1 fully saturated rings. The molecule has 0 bridgehead atoms. The van der Waals surface area contributed by atoms with Gasteiger partial charge in [0.2, 0.25) is 11.8 Å². The molecule has 1 aliphatic carbocycles. The number of primary amides is 1. The van der Waals surface area contributed by atoms with E-state index in [1.807, 2.05) is 0 Å². The molecular weight excluding hydrogens is 295 g/mol. The van der Waals surface area contributed by atoms with Gasteiger partial charge in [-0.25, -0.2) is 0 Å². The number of aryl methyl sites for hydroxylation is 1. The number of carbonyl (C=O) groups excluding carboxylic acids is 3. The Hall–Kier alpha value is -1.37. The Morgan fingerprint density at radius 3 is 2.41 bits per heavy atom. The van der Waals surface area contributed by atoms with Gasteiger partial charge in [0.25, 0.3) is 0 Å². The van der Waals surface area contributed by atoms with Crippen molar-refractivity contribution in [2.75, 3.05) is 5.32 Å². The summed E-state index contributed by atoms with van der Waals surface area (Å²) >= 11 is 0. The van der Waals surface area contributed by atoms with Crippen molar-refractivity contribution in [3.8, 4) is 0 Å². The second kappa shape index (κ2) is 7.26. The Morgan fingerprint density at radius 2 is 1.95 bits per heavy atom. The molecule has 0 radical (unpaired) electrons. The quantitative estimate of drug-likeness (QED) is 0.578. The van der Waals surface area contributed by atoms with Crippen LogP contribution in [0.25, 0.3) is 0 Å². The van der Waals surface area contributed by atoms with Gasteiger partial charge in [-0.3, -0.25) is 9.59 Å². The van der Waals surface area contributed by atoms with Crippen LogP contribution >= 0.6 is 0 Å². The summed E-state index contributed by atoms with van der Waals surface area (Å²) in [4.78, 5) is 34.3. The zero-order chi connectivity index (χ0) is 15.6. The van der Waals surface area contributed by atoms with Crippen LogP contribution in [-0.2, 0) is 9.59 Å². The minimum atomic E-state index is -1.17. The molecule has 0 unspecified atom stereocenters. The maximum absolute atomic E-state index is 12.0. The summed E-state index contributed by atoms with van der Waals surface area (Å²) in [5.74, 6) is -2.16. The minimum absolute atomic E-state index is 0. The Bertz CT molecular complexity index is 612. The van der Waals surface area contributed by atoms with Crippen LogP contribution in [-0.4, -0.2) is 17.8 Å². The van der Waals surface area contributed by atoms with E-state index >= 15 is 0 Å². The standard InChI is InChI=1S/C15H18N2O4.Na/c1-9-3-4-10(13(16)19)7-11(9)17-12(18)8-15(14(20)21)5-2-6-15;/h3-4,7H,2,5-6,8H2,1H3,(H2,16,19)(H,17,18)(H,20,21);/q;+1/p-1. The first-order chi connectivity index (χ1) is 9.84. The number of carboxylic acids is 1. The van der Waals surface area contributed by atoms with Gasteiger partial charge in [-0.15, -0.1) is 0 Å². The first-order valence-electron chi connectivity index (χ1n) is 6.76. The molecule has 0 heterocycles. The van der Waals surface area contributed by atoms with E-state index < -0.39 is 23.2 Å². The fourth-order valence-electron chi connectivity index (χ4n) is 2.47. The molecule has 3 N–H and O–H groups in total. The fraction of sp³-hybridized carbons (Fsp3) is 0.400. The summed E-state index contributed by atoms with van der Waals surface area (Å²) in [6.45, 7) is 1.78. The van der Waals surface area contributed by atoms with Crippen LogP contribution in [0.5, 0.6) is 0 Å². The Morgan fingerprint density at radius 1 is 1.32 bits per heavy atom. The third-order valence-electron chi connectivity index (χ3n) is 4.04. The van der Waals surface area contributed by atoms with E-state index in [1.54, 1.807) is 19.1 Å². The van der Waals surface area contributed by atoms with Crippen LogP contribution in [0.3, 0.4) is 0 Å². The molecule has 112 valence electrons. The van der Waals surface area contributed by atoms with Gasteiger partial charge >= 0.3 is 29.6 Å². The summed E-state index contributed by atoms with van der Waals surface area (Å²) in [5, 5.41) is 13.8. The third kappa shape index (κ3) is 3.88. The van der Waals surface area contributed by atoms with Crippen molar-refractivity contribution in [1.29, 1.82) is 0 Å². The number of hydrogen-bond donors (Lipinski definition) is 2. The van der Waals surface area contributed by atoms with E-state index in [4.69, 9.17) is 5.73 Å². The number of nitrogens with two attached hydrogens (primary N) is 1. The Balaban J connectivity index is 0.00000242. The van der Waals surface area contributed by atoms with Gasteiger partial charge in [0.1, 0.15) is 0 Å². The van der Waals surface area contributed by atoms with Crippen LogP contribution in [0.4, 0.5) is 5.69 Å². The maximum Gasteiger partial charge on any atom is 1.00 e. The molecule has 0 saturated heterocycles. The van der Waals surface area contributed by atoms with Crippen molar-refractivity contribution in [2.24, 2.45) is 11.1 Å². The van der Waals surface area contributed by atoms with E-state index in [0.29, 0.717) is 18.5 Å². The van der Waals surface area contributed by atoms with Crippen LogP contribution in [0.2, 0.25) is 0 Å². The predicted molar refractivity (Wildman–Crippen MR) is 74.2 cm³/mol. The van der Waals surface area contributed by atoms with E-state index in [2.05, 4.69) is 5.32 Å². The zero-order valence-corrected chi connectivity index (χ0v) is 14.8. The monoisotopic (exact) mass is 312 g/mol. The first-order valence-corrected chi connectivity index (χ1v) is 6.76. The number of hydrogen-bond acceptors (Lipinski definition) is 4. The number of aliphatic carboxylic acids is 1. The zero-order valence-electron chi connectivity index (χ0n) is 12.8. The summed E-state index contributed by atoms with van der Waals surface area (Å²) in [6.07, 6.45) is 1.60. The van der Waals surface area contributed by atoms with Crippen molar-refractivity contribution >= 4 is 23.5 Å². The predicted octanol–water partition coefficient (Wildman–Crippen LogP) is -2.65. The molecule has 0 spiro atoms. The number of carbonyl (C=O) groups is 3. The van der Waals surface area contributed by atoms with Gasteiger partial charge < -0.3 is 21.0 Å². The Kier molecular flexibility index (Phi) is 6.17. The summed E-state index contributed by atoms with van der Waals surface area (Å²) in [5.41, 5.74) is 5.67. The smallest absolute Gasteiger partial charge is 0.550 e. The largest absolute Gasteiger partial charge is 1.00 e. The van der Waals surface area contributed by atoms with Gasteiger partial charge in [0.15, 0.2) is 0 Å². The van der Waals surface area contributed by atoms with Gasteiger partial charge in [-0.2, -0.15) is 0 Å². The molecule has 1 aliphatic rings. The summed E-state index contributed by atoms with van der Waals surface area (Å²) < 4.78 is 0. The molecule has 7 heteroatoms. The van der Waals surface area contributed by atoms with Gasteiger partial charge in [0, 0.05) is 29.1 Å². The van der Waals surface area contributed by atoms with Crippen molar-refractivity contribution in [3.63, 3.8) is 0 Å². The van der Waals surface area contributed by atoms with Crippen molar-refractivity contribution in [3.05, 3.63) is 29.3 Å². The molecule has 1 saturated carbocycles. The van der Waals surface area contributed by atoms with E-state index in [0.717, 1.165) is 12.0 Å². The van der Waals surface area contributed by atoms with E-state index in [-0.39, 0.29) is 41.5 Å². The normalized spacial score (nSPS) is 15.1. The van der Waals surface area contributed by atoms with E-state index in [9.17, 15) is 19.5 Å². The maximum atomic E-state index is 12.0. The van der Waals surface area contributed by atoms with Gasteiger partial charge in [0.05, 0.1) is 0 Å². The third-order valence-corrected chi connectivity index (χ3v) is 4.04. The average molecular weight is 312 g/mol. The number of carboxylic acid groups (broad SMARTS) is 1. The first kappa shape index (κ1) is 18.7. The molecule has 22 heavy (non-hydrogen) atoms. The van der Waals surface area contributed by atoms with Crippen LogP contribution < -0.4 is 45.7 Å². The molecule has 2 rings (SSSR count). The molecule has 0 aliphatic heterocycles. The average Bonchev–Trinajstić information content (AvgIpc) is 2.35. The number of amides is 2. The SMILES string of the molecule is Cc1ccc(C(N)=O)cc1NC(=O)CC1(C(=O)[O-])CCC1.[Na+]. The van der Waals surface area contributed by atoms with Crippen molar-refractivity contribution < 1.29 is 49.0 Å². The van der Waals surface area contributed by atoms with E-state index in [1.165, 1.54) is 6.07 Å². The molecule has 6 nitrogen and oxygen atoms in total. The second-order valence-electron chi connectivity index (χ2n) is 5.54. The van der Waals surface area contributed by atoms with Crippen molar-refractivity contribution in [2.45, 2.75) is 32.6 Å². The molecule has 1 aromatic carbocycles. The van der Waals surface area contributed by atoms with Crippen LogP contribution in [0.1, 0.15) is 41.6 Å². The molecule has 0 aromatic heterocycles. The summed E-state index contributed by atoms with van der Waals surface area (Å²) in [6, 6.07) is 4.73. The van der Waals surface area contributed by atoms with Gasteiger partial charge in [-0.1, -0.05) is 12.5 Å². The van der Waals surface area contributed by atoms with Crippen molar-refractivity contribution in [1.82, 2.24) is 0 Å². The number of nitrogens with one attached hydrogen (secondary N) is 1. The second-order valence-corrected chi connectivity index (χ2v) is 5.54. The topological polar surface area (TPSA) is 112 Å². The van der Waals surface area contributed by atoms with Crippen LogP contribution in [0.15, 0.2) is 18.2 Å². The number of rotatable bonds is 5. The molecule has 0 atom stereocenters. The molecule has 1 aromatic rings. The molecular formula is C15H17N2NaO4. The summed E-state index contributed by atoms with van der Waals surface area (Å²) in [7, 11) is 0. The number of benzene rings is 1.